The van der Waals surface area contributed by atoms with Gasteiger partial charge in [-0.3, -0.25) is 0 Å². The molecule has 0 amide bonds. The third-order valence-electron chi connectivity index (χ3n) is 4.69. The summed E-state index contributed by atoms with van der Waals surface area (Å²) >= 11 is 0. The molecule has 1 aromatic carbocycles. The fourth-order valence-electron chi connectivity index (χ4n) is 3.61. The maximum atomic E-state index is 11.8. The van der Waals surface area contributed by atoms with Crippen molar-refractivity contribution in [3.05, 3.63) is 29.3 Å². The molecule has 3 rings (SSSR count). The second-order valence-electron chi connectivity index (χ2n) is 6.56. The first-order chi connectivity index (χ1) is 9.91. The number of rotatable bonds is 3. The van der Waals surface area contributed by atoms with Gasteiger partial charge in [-0.05, 0) is 55.9 Å². The Morgan fingerprint density at radius 3 is 2.86 bits per heavy atom. The number of methoxy groups -OCH3 is 1. The normalized spacial score (nSPS) is 30.9. The van der Waals surface area contributed by atoms with Gasteiger partial charge in [0.05, 0.1) is 18.6 Å². The van der Waals surface area contributed by atoms with Crippen LogP contribution >= 0.6 is 0 Å². The molecule has 2 aliphatic rings. The fraction of sp³-hybridized carbons (Fsp3) is 0.625. The Bertz CT molecular complexity index is 641. The lowest BCUT2D eigenvalue weighted by atomic mass is 9.85. The number of hydrogen-bond acceptors (Lipinski definition) is 4. The highest BCUT2D eigenvalue weighted by atomic mass is 32.2. The van der Waals surface area contributed by atoms with Crippen molar-refractivity contribution in [3.8, 4) is 5.75 Å². The molecule has 1 saturated heterocycles. The molecule has 5 heteroatoms. The van der Waals surface area contributed by atoms with E-state index in [1.165, 1.54) is 11.1 Å². The second kappa shape index (κ2) is 5.29. The third-order valence-corrected chi connectivity index (χ3v) is 6.59. The topological polar surface area (TPSA) is 55.4 Å². The van der Waals surface area contributed by atoms with E-state index in [1.807, 2.05) is 13.0 Å². The molecule has 2 unspecified atom stereocenters. The van der Waals surface area contributed by atoms with Gasteiger partial charge in [-0.2, -0.15) is 0 Å². The fourth-order valence-corrected chi connectivity index (χ4v) is 5.72. The van der Waals surface area contributed by atoms with Gasteiger partial charge in [0.2, 0.25) is 0 Å². The van der Waals surface area contributed by atoms with Crippen molar-refractivity contribution in [2.45, 2.75) is 44.2 Å². The monoisotopic (exact) mass is 309 g/mol. The number of nitrogens with one attached hydrogen (secondary N) is 1. The summed E-state index contributed by atoms with van der Waals surface area (Å²) < 4.78 is 28.8. The molecule has 116 valence electrons. The number of sulfone groups is 1. The maximum absolute atomic E-state index is 11.8. The molecule has 1 fully saturated rings. The van der Waals surface area contributed by atoms with Crippen LogP contribution in [0.2, 0.25) is 0 Å². The van der Waals surface area contributed by atoms with Crippen molar-refractivity contribution in [2.75, 3.05) is 18.6 Å². The average molecular weight is 309 g/mol. The standard InChI is InChI=1S/C16H23NO3S/c1-16(8-9-21(18,19)11-16)17-15-5-3-4-12-10-13(20-2)6-7-14(12)15/h6-7,10,15,17H,3-5,8-9,11H2,1-2H3. The minimum absolute atomic E-state index is 0.248. The predicted octanol–water partition coefficient (Wildman–Crippen LogP) is 2.24. The lowest BCUT2D eigenvalue weighted by molar-refractivity contribution is 0.319. The summed E-state index contributed by atoms with van der Waals surface area (Å²) in [6.45, 7) is 2.04. The molecule has 1 N–H and O–H groups in total. The van der Waals surface area contributed by atoms with Crippen LogP contribution in [0.15, 0.2) is 18.2 Å². The SMILES string of the molecule is COc1ccc2c(c1)CCCC2NC1(C)CCS(=O)(=O)C1. The van der Waals surface area contributed by atoms with Gasteiger partial charge in [-0.15, -0.1) is 0 Å². The molecular formula is C16H23NO3S. The number of fused-ring (bicyclic) bond motifs is 1. The van der Waals surface area contributed by atoms with E-state index in [-0.39, 0.29) is 17.3 Å². The first-order valence-electron chi connectivity index (χ1n) is 7.56. The zero-order valence-electron chi connectivity index (χ0n) is 12.7. The van der Waals surface area contributed by atoms with Crippen LogP contribution in [0.3, 0.4) is 0 Å². The van der Waals surface area contributed by atoms with Gasteiger partial charge in [0.1, 0.15) is 5.75 Å². The summed E-state index contributed by atoms with van der Waals surface area (Å²) in [5, 5.41) is 3.62. The molecule has 21 heavy (non-hydrogen) atoms. The first-order valence-corrected chi connectivity index (χ1v) is 9.38. The van der Waals surface area contributed by atoms with E-state index in [1.54, 1.807) is 7.11 Å². The summed E-state index contributed by atoms with van der Waals surface area (Å²) in [5.41, 5.74) is 2.33. The molecule has 4 nitrogen and oxygen atoms in total. The summed E-state index contributed by atoms with van der Waals surface area (Å²) in [5.74, 6) is 1.45. The largest absolute Gasteiger partial charge is 0.497 e. The van der Waals surface area contributed by atoms with Gasteiger partial charge in [0, 0.05) is 11.6 Å². The van der Waals surface area contributed by atoms with Crippen molar-refractivity contribution in [1.29, 1.82) is 0 Å². The maximum Gasteiger partial charge on any atom is 0.152 e. The molecular weight excluding hydrogens is 286 g/mol. The Morgan fingerprint density at radius 2 is 2.19 bits per heavy atom. The molecule has 0 aromatic heterocycles. The van der Waals surface area contributed by atoms with Crippen molar-refractivity contribution in [2.24, 2.45) is 0 Å². The molecule has 1 aliphatic heterocycles. The van der Waals surface area contributed by atoms with Gasteiger partial charge in [0.15, 0.2) is 9.84 Å². The molecule has 0 spiro atoms. The molecule has 0 bridgehead atoms. The zero-order valence-corrected chi connectivity index (χ0v) is 13.5. The second-order valence-corrected chi connectivity index (χ2v) is 8.74. The van der Waals surface area contributed by atoms with E-state index in [0.29, 0.717) is 12.2 Å². The Balaban J connectivity index is 1.83. The van der Waals surface area contributed by atoms with Gasteiger partial charge in [0.25, 0.3) is 0 Å². The van der Waals surface area contributed by atoms with Gasteiger partial charge in [-0.25, -0.2) is 8.42 Å². The average Bonchev–Trinajstić information content (AvgIpc) is 2.72. The van der Waals surface area contributed by atoms with Crippen molar-refractivity contribution < 1.29 is 13.2 Å². The van der Waals surface area contributed by atoms with Crippen LogP contribution in [0.5, 0.6) is 5.75 Å². The van der Waals surface area contributed by atoms with Gasteiger partial charge in [-0.1, -0.05) is 6.07 Å². The van der Waals surface area contributed by atoms with E-state index in [0.717, 1.165) is 25.0 Å². The molecule has 1 heterocycles. The molecule has 2 atom stereocenters. The Hall–Kier alpha value is -1.07. The van der Waals surface area contributed by atoms with E-state index in [9.17, 15) is 8.42 Å². The smallest absolute Gasteiger partial charge is 0.152 e. The van der Waals surface area contributed by atoms with Crippen LogP contribution in [0.1, 0.15) is 43.4 Å². The van der Waals surface area contributed by atoms with E-state index in [2.05, 4.69) is 17.4 Å². The summed E-state index contributed by atoms with van der Waals surface area (Å²) in [7, 11) is -1.19. The highest BCUT2D eigenvalue weighted by molar-refractivity contribution is 7.91. The first kappa shape index (κ1) is 14.9. The number of aryl methyl sites for hydroxylation is 1. The summed E-state index contributed by atoms with van der Waals surface area (Å²) in [6.07, 6.45) is 3.96. The quantitative estimate of drug-likeness (QED) is 0.930. The van der Waals surface area contributed by atoms with Crippen LogP contribution in [0.4, 0.5) is 0 Å². The Labute approximate surface area is 126 Å². The van der Waals surface area contributed by atoms with Crippen LogP contribution in [0.25, 0.3) is 0 Å². The van der Waals surface area contributed by atoms with E-state index in [4.69, 9.17) is 4.74 Å². The lowest BCUT2D eigenvalue weighted by Gasteiger charge is -2.34. The molecule has 0 radical (unpaired) electrons. The summed E-state index contributed by atoms with van der Waals surface area (Å²) in [6, 6.07) is 6.47. The minimum atomic E-state index is -2.88. The van der Waals surface area contributed by atoms with E-state index < -0.39 is 9.84 Å². The van der Waals surface area contributed by atoms with Crippen LogP contribution < -0.4 is 10.1 Å². The van der Waals surface area contributed by atoms with Crippen molar-refractivity contribution >= 4 is 9.84 Å². The minimum Gasteiger partial charge on any atom is -0.497 e. The van der Waals surface area contributed by atoms with Crippen molar-refractivity contribution in [3.63, 3.8) is 0 Å². The van der Waals surface area contributed by atoms with Gasteiger partial charge >= 0.3 is 0 Å². The molecule has 0 saturated carbocycles. The Kier molecular flexibility index (Phi) is 3.74. The number of ether oxygens (including phenoxy) is 1. The number of hydrogen-bond donors (Lipinski definition) is 1. The highest BCUT2D eigenvalue weighted by Gasteiger charge is 2.40. The third kappa shape index (κ3) is 3.09. The van der Waals surface area contributed by atoms with Crippen LogP contribution in [0, 0.1) is 0 Å². The van der Waals surface area contributed by atoms with E-state index >= 15 is 0 Å². The molecule has 1 aliphatic carbocycles. The zero-order chi connectivity index (χ0) is 15.1. The number of benzene rings is 1. The molecule has 1 aromatic rings. The highest BCUT2D eigenvalue weighted by Crippen LogP contribution is 2.35. The summed E-state index contributed by atoms with van der Waals surface area (Å²) in [4.78, 5) is 0. The Morgan fingerprint density at radius 1 is 1.38 bits per heavy atom. The predicted molar refractivity (Wildman–Crippen MR) is 83.5 cm³/mol. The van der Waals surface area contributed by atoms with Crippen LogP contribution in [-0.4, -0.2) is 32.6 Å². The van der Waals surface area contributed by atoms with Crippen LogP contribution in [-0.2, 0) is 16.3 Å². The lowest BCUT2D eigenvalue weighted by Crippen LogP contribution is -2.46. The van der Waals surface area contributed by atoms with Gasteiger partial charge < -0.3 is 10.1 Å². The van der Waals surface area contributed by atoms with Crippen molar-refractivity contribution in [1.82, 2.24) is 5.32 Å².